The molecule has 1 aliphatic carbocycles. The van der Waals surface area contributed by atoms with Gasteiger partial charge in [0.25, 0.3) is 0 Å². The van der Waals surface area contributed by atoms with Crippen LogP contribution in [0.4, 0.5) is 0 Å². The van der Waals surface area contributed by atoms with Crippen LogP contribution in [0.2, 0.25) is 0 Å². The summed E-state index contributed by atoms with van der Waals surface area (Å²) in [6.45, 7) is 0.731. The van der Waals surface area contributed by atoms with E-state index in [0.717, 1.165) is 24.7 Å². The van der Waals surface area contributed by atoms with Crippen LogP contribution in [-0.4, -0.2) is 19.7 Å². The number of hydrogen-bond donors (Lipinski definition) is 0. The molecule has 1 aromatic rings. The largest absolute Gasteiger partial charge is 0.494 e. The predicted octanol–water partition coefficient (Wildman–Crippen LogP) is 2.65. The minimum Gasteiger partial charge on any atom is -0.494 e. The predicted molar refractivity (Wildman–Crippen MR) is 60.6 cm³/mol. The summed E-state index contributed by atoms with van der Waals surface area (Å²) in [6, 6.07) is 7.11. The minimum atomic E-state index is -0.326. The van der Waals surface area contributed by atoms with Crippen molar-refractivity contribution in [2.45, 2.75) is 19.3 Å². The average molecular weight is 220 g/mol. The summed E-state index contributed by atoms with van der Waals surface area (Å²) in [4.78, 5) is 11.3. The van der Waals surface area contributed by atoms with Crippen molar-refractivity contribution in [3.8, 4) is 5.75 Å². The number of carbonyl (C=O) groups excluding carboxylic acids is 1. The molecule has 0 atom stereocenters. The maximum atomic E-state index is 11.3. The molecule has 16 heavy (non-hydrogen) atoms. The molecule has 0 unspecified atom stereocenters. The Kier molecular flexibility index (Phi) is 3.44. The molecule has 1 saturated carbocycles. The Hall–Kier alpha value is -1.51. The van der Waals surface area contributed by atoms with Gasteiger partial charge in [0, 0.05) is 0 Å². The van der Waals surface area contributed by atoms with E-state index >= 15 is 0 Å². The second-order valence-corrected chi connectivity index (χ2v) is 4.10. The van der Waals surface area contributed by atoms with Crippen molar-refractivity contribution in [2.75, 3.05) is 13.7 Å². The summed E-state index contributed by atoms with van der Waals surface area (Å²) in [5.74, 6) is 1.28. The molecule has 1 aliphatic rings. The van der Waals surface area contributed by atoms with Gasteiger partial charge < -0.3 is 9.47 Å². The lowest BCUT2D eigenvalue weighted by molar-refractivity contribution is 0.0600. The molecule has 3 nitrogen and oxygen atoms in total. The molecule has 0 radical (unpaired) electrons. The van der Waals surface area contributed by atoms with Crippen LogP contribution in [0.15, 0.2) is 24.3 Å². The lowest BCUT2D eigenvalue weighted by Gasteiger charge is -2.06. The van der Waals surface area contributed by atoms with Crippen LogP contribution in [0, 0.1) is 5.92 Å². The fraction of sp³-hybridized carbons (Fsp3) is 0.462. The summed E-state index contributed by atoms with van der Waals surface area (Å²) in [7, 11) is 1.38. The van der Waals surface area contributed by atoms with Gasteiger partial charge in [0.2, 0.25) is 0 Å². The molecule has 1 aromatic carbocycles. The summed E-state index contributed by atoms with van der Waals surface area (Å²) < 4.78 is 10.2. The molecule has 0 spiro atoms. The SMILES string of the molecule is COC(=O)c1cccc(OCCC2CC2)c1. The molecular weight excluding hydrogens is 204 g/mol. The third-order valence-corrected chi connectivity index (χ3v) is 2.75. The van der Waals surface area contributed by atoms with E-state index in [1.165, 1.54) is 20.0 Å². The number of rotatable bonds is 5. The van der Waals surface area contributed by atoms with E-state index < -0.39 is 0 Å². The van der Waals surface area contributed by atoms with Gasteiger partial charge in [0.1, 0.15) is 5.75 Å². The summed E-state index contributed by atoms with van der Waals surface area (Å²) in [5.41, 5.74) is 0.534. The van der Waals surface area contributed by atoms with E-state index in [9.17, 15) is 4.79 Å². The molecule has 0 amide bonds. The molecule has 0 N–H and O–H groups in total. The van der Waals surface area contributed by atoms with Crippen LogP contribution in [0.1, 0.15) is 29.6 Å². The second kappa shape index (κ2) is 5.01. The molecular formula is C13H16O3. The average Bonchev–Trinajstić information content (AvgIpc) is 3.12. The van der Waals surface area contributed by atoms with Crippen molar-refractivity contribution in [3.63, 3.8) is 0 Å². The summed E-state index contributed by atoms with van der Waals surface area (Å²) in [5, 5.41) is 0. The van der Waals surface area contributed by atoms with Crippen molar-refractivity contribution in [1.29, 1.82) is 0 Å². The van der Waals surface area contributed by atoms with E-state index in [-0.39, 0.29) is 5.97 Å². The zero-order chi connectivity index (χ0) is 11.4. The van der Waals surface area contributed by atoms with Crippen LogP contribution in [0.3, 0.4) is 0 Å². The number of ether oxygens (including phenoxy) is 2. The van der Waals surface area contributed by atoms with Gasteiger partial charge in [-0.25, -0.2) is 4.79 Å². The smallest absolute Gasteiger partial charge is 0.337 e. The molecule has 0 aliphatic heterocycles. The van der Waals surface area contributed by atoms with Gasteiger partial charge in [-0.3, -0.25) is 0 Å². The molecule has 0 bridgehead atoms. The van der Waals surface area contributed by atoms with Crippen molar-refractivity contribution in [3.05, 3.63) is 29.8 Å². The highest BCUT2D eigenvalue weighted by Gasteiger charge is 2.20. The molecule has 0 saturated heterocycles. The number of esters is 1. The third kappa shape index (κ3) is 2.99. The zero-order valence-electron chi connectivity index (χ0n) is 9.44. The van der Waals surface area contributed by atoms with E-state index in [4.69, 9.17) is 4.74 Å². The highest BCUT2D eigenvalue weighted by molar-refractivity contribution is 5.89. The van der Waals surface area contributed by atoms with Crippen LogP contribution < -0.4 is 4.74 Å². The van der Waals surface area contributed by atoms with Crippen LogP contribution in [0.5, 0.6) is 5.75 Å². The summed E-state index contributed by atoms with van der Waals surface area (Å²) in [6.07, 6.45) is 3.79. The second-order valence-electron chi connectivity index (χ2n) is 4.10. The quantitative estimate of drug-likeness (QED) is 0.715. The first-order valence-corrected chi connectivity index (χ1v) is 5.61. The zero-order valence-corrected chi connectivity index (χ0v) is 9.44. The van der Waals surface area contributed by atoms with Gasteiger partial charge in [-0.15, -0.1) is 0 Å². The topological polar surface area (TPSA) is 35.5 Å². The maximum Gasteiger partial charge on any atom is 0.337 e. The number of methoxy groups -OCH3 is 1. The number of benzene rings is 1. The van der Waals surface area contributed by atoms with Gasteiger partial charge in [-0.05, 0) is 30.5 Å². The van der Waals surface area contributed by atoms with E-state index in [0.29, 0.717) is 5.56 Å². The Morgan fingerprint density at radius 2 is 2.25 bits per heavy atom. The first-order valence-electron chi connectivity index (χ1n) is 5.61. The standard InChI is InChI=1S/C13H16O3/c1-15-13(14)11-3-2-4-12(9-11)16-8-7-10-5-6-10/h2-4,9-10H,5-8H2,1H3. The molecule has 86 valence electrons. The molecule has 2 rings (SSSR count). The number of carbonyl (C=O) groups is 1. The van der Waals surface area contributed by atoms with E-state index in [1.54, 1.807) is 18.2 Å². The highest BCUT2D eigenvalue weighted by Crippen LogP contribution is 2.32. The first kappa shape index (κ1) is 11.0. The van der Waals surface area contributed by atoms with Gasteiger partial charge in [0.05, 0.1) is 19.3 Å². The van der Waals surface area contributed by atoms with Gasteiger partial charge in [-0.1, -0.05) is 18.9 Å². The Morgan fingerprint density at radius 3 is 2.94 bits per heavy atom. The van der Waals surface area contributed by atoms with Crippen molar-refractivity contribution < 1.29 is 14.3 Å². The molecule has 3 heteroatoms. The molecule has 0 heterocycles. The van der Waals surface area contributed by atoms with Gasteiger partial charge in [-0.2, -0.15) is 0 Å². The van der Waals surface area contributed by atoms with Crippen LogP contribution >= 0.6 is 0 Å². The third-order valence-electron chi connectivity index (χ3n) is 2.75. The molecule has 0 aromatic heterocycles. The van der Waals surface area contributed by atoms with Crippen molar-refractivity contribution in [1.82, 2.24) is 0 Å². The molecule has 1 fully saturated rings. The Bertz CT molecular complexity index is 369. The minimum absolute atomic E-state index is 0.326. The van der Waals surface area contributed by atoms with Gasteiger partial charge in [0.15, 0.2) is 0 Å². The monoisotopic (exact) mass is 220 g/mol. The highest BCUT2D eigenvalue weighted by atomic mass is 16.5. The Labute approximate surface area is 95.4 Å². The lowest BCUT2D eigenvalue weighted by atomic mass is 10.2. The Balaban J connectivity index is 1.89. The maximum absolute atomic E-state index is 11.3. The number of hydrogen-bond acceptors (Lipinski definition) is 3. The van der Waals surface area contributed by atoms with E-state index in [2.05, 4.69) is 4.74 Å². The lowest BCUT2D eigenvalue weighted by Crippen LogP contribution is -2.03. The van der Waals surface area contributed by atoms with E-state index in [1.807, 2.05) is 6.07 Å². The Morgan fingerprint density at radius 1 is 1.44 bits per heavy atom. The first-order chi connectivity index (χ1) is 7.79. The fourth-order valence-corrected chi connectivity index (χ4v) is 1.58. The van der Waals surface area contributed by atoms with Crippen molar-refractivity contribution >= 4 is 5.97 Å². The van der Waals surface area contributed by atoms with Crippen LogP contribution in [0.25, 0.3) is 0 Å². The van der Waals surface area contributed by atoms with Crippen molar-refractivity contribution in [2.24, 2.45) is 5.92 Å². The van der Waals surface area contributed by atoms with Gasteiger partial charge >= 0.3 is 5.97 Å². The normalized spacial score (nSPS) is 14.6. The summed E-state index contributed by atoms with van der Waals surface area (Å²) >= 11 is 0. The van der Waals surface area contributed by atoms with Crippen LogP contribution in [-0.2, 0) is 4.74 Å². The fourth-order valence-electron chi connectivity index (χ4n) is 1.58.